The van der Waals surface area contributed by atoms with Crippen LogP contribution in [0.3, 0.4) is 0 Å². The highest BCUT2D eigenvalue weighted by atomic mass is 15.1. The second kappa shape index (κ2) is 6.79. The Balaban J connectivity index is 1.59. The van der Waals surface area contributed by atoms with Crippen LogP contribution >= 0.6 is 0 Å². The van der Waals surface area contributed by atoms with Crippen LogP contribution in [0, 0.1) is 12.8 Å². The van der Waals surface area contributed by atoms with Gasteiger partial charge in [0, 0.05) is 61.0 Å². The molecule has 1 atom stereocenters. The van der Waals surface area contributed by atoms with E-state index in [4.69, 9.17) is 0 Å². The van der Waals surface area contributed by atoms with Crippen LogP contribution in [0.4, 0.5) is 0 Å². The van der Waals surface area contributed by atoms with Crippen LogP contribution in [0.15, 0.2) is 42.7 Å². The van der Waals surface area contributed by atoms with Gasteiger partial charge in [-0.05, 0) is 61.7 Å². The molecule has 2 aromatic heterocycles. The molecule has 0 saturated heterocycles. The number of nitrogens with zero attached hydrogens (tertiary/aromatic N) is 3. The van der Waals surface area contributed by atoms with E-state index in [1.807, 2.05) is 12.4 Å². The van der Waals surface area contributed by atoms with E-state index in [1.165, 1.54) is 41.3 Å². The topological polar surface area (TPSA) is 21.1 Å². The Morgan fingerprint density at radius 3 is 2.74 bits per heavy atom. The zero-order chi connectivity index (χ0) is 18.4. The molecule has 2 aliphatic rings. The van der Waals surface area contributed by atoms with Crippen LogP contribution in [0.25, 0.3) is 10.9 Å². The number of rotatable bonds is 5. The molecule has 1 unspecified atom stereocenters. The number of benzene rings is 1. The highest BCUT2D eigenvalue weighted by Gasteiger charge is 2.29. The Kier molecular flexibility index (Phi) is 4.28. The van der Waals surface area contributed by atoms with Crippen LogP contribution in [0.5, 0.6) is 0 Å². The van der Waals surface area contributed by atoms with Crippen LogP contribution in [0.2, 0.25) is 0 Å². The fourth-order valence-electron chi connectivity index (χ4n) is 4.84. The monoisotopic (exact) mass is 359 g/mol. The molecule has 0 radical (unpaired) electrons. The fourth-order valence-corrected chi connectivity index (χ4v) is 4.84. The van der Waals surface area contributed by atoms with E-state index < -0.39 is 0 Å². The van der Waals surface area contributed by atoms with Gasteiger partial charge in [0.1, 0.15) is 0 Å². The number of likely N-dealkylation sites (N-methyl/N-ethyl adjacent to an activating group) is 1. The molecule has 1 fully saturated rings. The van der Waals surface area contributed by atoms with Crippen molar-refractivity contribution in [2.75, 3.05) is 13.6 Å². The van der Waals surface area contributed by atoms with Crippen LogP contribution in [0.1, 0.15) is 47.6 Å². The van der Waals surface area contributed by atoms with Gasteiger partial charge in [-0.25, -0.2) is 0 Å². The van der Waals surface area contributed by atoms with Gasteiger partial charge in [0.15, 0.2) is 0 Å². The molecule has 0 spiro atoms. The molecule has 1 aromatic carbocycles. The maximum Gasteiger partial charge on any atom is 0.0486 e. The standard InChI is InChI=1S/C24H29N3/c1-17-3-6-23-21(13-17)22-16-26(2)12-9-24(22)27(23)15-20(14-18-4-5-18)19-7-10-25-11-8-19/h3,6-8,10-11,13,18,20H,4-5,9,12,14-16H2,1-2H3. The SMILES string of the molecule is Cc1ccc2c(c1)c1c(n2CC(CC2CC2)c2ccncc2)CCN(C)C1. The van der Waals surface area contributed by atoms with Crippen molar-refractivity contribution in [2.45, 2.75) is 51.6 Å². The minimum atomic E-state index is 0.584. The Morgan fingerprint density at radius 2 is 1.96 bits per heavy atom. The molecule has 3 aromatic rings. The molecule has 3 heteroatoms. The Morgan fingerprint density at radius 1 is 1.15 bits per heavy atom. The Hall–Kier alpha value is -2.13. The van der Waals surface area contributed by atoms with E-state index in [2.05, 4.69) is 58.8 Å². The minimum absolute atomic E-state index is 0.584. The van der Waals surface area contributed by atoms with E-state index in [0.29, 0.717) is 5.92 Å². The summed E-state index contributed by atoms with van der Waals surface area (Å²) in [5, 5.41) is 1.47. The van der Waals surface area contributed by atoms with Gasteiger partial charge in [0.25, 0.3) is 0 Å². The number of pyridine rings is 1. The summed E-state index contributed by atoms with van der Waals surface area (Å²) >= 11 is 0. The van der Waals surface area contributed by atoms with Crippen molar-refractivity contribution >= 4 is 10.9 Å². The number of aryl methyl sites for hydroxylation is 1. The lowest BCUT2D eigenvalue weighted by molar-refractivity contribution is 0.308. The van der Waals surface area contributed by atoms with E-state index in [1.54, 1.807) is 11.3 Å². The van der Waals surface area contributed by atoms with Crippen LogP contribution < -0.4 is 0 Å². The van der Waals surface area contributed by atoms with Crippen LogP contribution in [-0.4, -0.2) is 28.0 Å². The average molecular weight is 360 g/mol. The number of hydrogen-bond acceptors (Lipinski definition) is 2. The van der Waals surface area contributed by atoms with E-state index in [-0.39, 0.29) is 0 Å². The number of hydrogen-bond donors (Lipinski definition) is 0. The molecule has 27 heavy (non-hydrogen) atoms. The third kappa shape index (κ3) is 3.29. The summed E-state index contributed by atoms with van der Waals surface area (Å²) < 4.78 is 2.66. The summed E-state index contributed by atoms with van der Waals surface area (Å²) in [6.45, 7) is 5.54. The highest BCUT2D eigenvalue weighted by molar-refractivity contribution is 5.86. The van der Waals surface area contributed by atoms with Gasteiger partial charge in [0.2, 0.25) is 0 Å². The van der Waals surface area contributed by atoms with Crippen molar-refractivity contribution in [2.24, 2.45) is 5.92 Å². The summed E-state index contributed by atoms with van der Waals surface area (Å²) in [5.41, 5.74) is 7.37. The number of fused-ring (bicyclic) bond motifs is 3. The largest absolute Gasteiger partial charge is 0.344 e. The second-order valence-electron chi connectivity index (χ2n) is 8.70. The molecular weight excluding hydrogens is 330 g/mol. The summed E-state index contributed by atoms with van der Waals surface area (Å²) in [4.78, 5) is 6.70. The molecule has 3 heterocycles. The molecule has 0 N–H and O–H groups in total. The molecule has 1 aliphatic carbocycles. The normalized spacial score (nSPS) is 18.6. The van der Waals surface area contributed by atoms with Crippen molar-refractivity contribution in [1.82, 2.24) is 14.5 Å². The first-order valence-corrected chi connectivity index (χ1v) is 10.4. The van der Waals surface area contributed by atoms with Gasteiger partial charge in [-0.3, -0.25) is 4.98 Å². The lowest BCUT2D eigenvalue weighted by atomic mass is 9.94. The Labute approximate surface area is 162 Å². The maximum atomic E-state index is 4.25. The summed E-state index contributed by atoms with van der Waals surface area (Å²) in [7, 11) is 2.24. The predicted molar refractivity (Wildman–Crippen MR) is 111 cm³/mol. The van der Waals surface area contributed by atoms with Crippen molar-refractivity contribution in [1.29, 1.82) is 0 Å². The molecule has 1 aliphatic heterocycles. The first kappa shape index (κ1) is 17.0. The summed E-state index contributed by atoms with van der Waals surface area (Å²) in [6, 6.07) is 11.5. The first-order valence-electron chi connectivity index (χ1n) is 10.4. The molecule has 5 rings (SSSR count). The third-order valence-electron chi connectivity index (χ3n) is 6.50. The smallest absolute Gasteiger partial charge is 0.0486 e. The summed E-state index contributed by atoms with van der Waals surface area (Å²) in [5.74, 6) is 1.51. The van der Waals surface area contributed by atoms with Gasteiger partial charge in [0.05, 0.1) is 0 Å². The quantitative estimate of drug-likeness (QED) is 0.645. The fraction of sp³-hybridized carbons (Fsp3) is 0.458. The van der Waals surface area contributed by atoms with Crippen molar-refractivity contribution < 1.29 is 0 Å². The summed E-state index contributed by atoms with van der Waals surface area (Å²) in [6.07, 6.45) is 9.20. The van der Waals surface area contributed by atoms with Crippen molar-refractivity contribution in [3.63, 3.8) is 0 Å². The zero-order valence-corrected chi connectivity index (χ0v) is 16.5. The zero-order valence-electron chi connectivity index (χ0n) is 16.5. The maximum absolute atomic E-state index is 4.25. The van der Waals surface area contributed by atoms with Gasteiger partial charge in [-0.2, -0.15) is 0 Å². The second-order valence-corrected chi connectivity index (χ2v) is 8.70. The van der Waals surface area contributed by atoms with E-state index in [0.717, 1.165) is 32.0 Å². The van der Waals surface area contributed by atoms with E-state index >= 15 is 0 Å². The van der Waals surface area contributed by atoms with Gasteiger partial charge < -0.3 is 9.47 Å². The van der Waals surface area contributed by atoms with Gasteiger partial charge >= 0.3 is 0 Å². The van der Waals surface area contributed by atoms with Gasteiger partial charge in [-0.1, -0.05) is 24.5 Å². The lowest BCUT2D eigenvalue weighted by Crippen LogP contribution is -2.27. The third-order valence-corrected chi connectivity index (χ3v) is 6.50. The Bertz CT molecular complexity index is 953. The molecule has 3 nitrogen and oxygen atoms in total. The van der Waals surface area contributed by atoms with E-state index in [9.17, 15) is 0 Å². The molecule has 0 amide bonds. The first-order chi connectivity index (χ1) is 13.2. The van der Waals surface area contributed by atoms with Gasteiger partial charge in [-0.15, -0.1) is 0 Å². The van der Waals surface area contributed by atoms with Crippen molar-refractivity contribution in [3.8, 4) is 0 Å². The minimum Gasteiger partial charge on any atom is -0.344 e. The molecule has 1 saturated carbocycles. The average Bonchev–Trinajstić information content (AvgIpc) is 3.45. The predicted octanol–water partition coefficient (Wildman–Crippen LogP) is 4.92. The number of aromatic nitrogens is 2. The molecule has 0 bridgehead atoms. The van der Waals surface area contributed by atoms with Crippen LogP contribution in [-0.2, 0) is 19.5 Å². The lowest BCUT2D eigenvalue weighted by Gasteiger charge is -2.26. The molecule has 140 valence electrons. The molecular formula is C24H29N3. The van der Waals surface area contributed by atoms with Crippen molar-refractivity contribution in [3.05, 3.63) is 65.1 Å². The highest BCUT2D eigenvalue weighted by Crippen LogP contribution is 2.40.